The van der Waals surface area contributed by atoms with Gasteiger partial charge in [0.2, 0.25) is 0 Å². The number of rotatable bonds is 0. The molecule has 3 N–H and O–H groups in total. The van der Waals surface area contributed by atoms with Crippen molar-refractivity contribution in [2.75, 3.05) is 12.3 Å². The van der Waals surface area contributed by atoms with Crippen molar-refractivity contribution >= 4 is 30.6 Å². The van der Waals surface area contributed by atoms with Gasteiger partial charge >= 0.3 is 0 Å². The normalized spacial score (nSPS) is 14.0. The quantitative estimate of drug-likeness (QED) is 0.653. The number of halogens is 2. The van der Waals surface area contributed by atoms with Gasteiger partial charge in [0.05, 0.1) is 12.2 Å². The third-order valence-electron chi connectivity index (χ3n) is 1.69. The summed E-state index contributed by atoms with van der Waals surface area (Å²) in [6, 6.07) is 1.91. The van der Waals surface area contributed by atoms with Gasteiger partial charge < -0.3 is 11.1 Å². The summed E-state index contributed by atoms with van der Waals surface area (Å²) in [4.78, 5) is 0. The zero-order valence-electron chi connectivity index (χ0n) is 6.49. The molecule has 6 heteroatoms. The SMILES string of the molecule is Cl.Cl.Nc1cc2n(n1)CCNC2. The van der Waals surface area contributed by atoms with Crippen LogP contribution in [0.3, 0.4) is 0 Å². The minimum absolute atomic E-state index is 0. The summed E-state index contributed by atoms with van der Waals surface area (Å²) in [5, 5.41) is 7.34. The average Bonchev–Trinajstić information content (AvgIpc) is 2.27. The molecule has 0 radical (unpaired) electrons. The maximum absolute atomic E-state index is 5.50. The van der Waals surface area contributed by atoms with Crippen molar-refractivity contribution in [1.29, 1.82) is 0 Å². The first-order chi connectivity index (χ1) is 4.86. The fraction of sp³-hybridized carbons (Fsp3) is 0.500. The Morgan fingerprint density at radius 2 is 2.25 bits per heavy atom. The van der Waals surface area contributed by atoms with Gasteiger partial charge in [-0.1, -0.05) is 0 Å². The molecule has 0 bridgehead atoms. The summed E-state index contributed by atoms with van der Waals surface area (Å²) >= 11 is 0. The Kier molecular flexibility index (Phi) is 4.37. The van der Waals surface area contributed by atoms with Gasteiger partial charge in [0, 0.05) is 19.2 Å². The summed E-state index contributed by atoms with van der Waals surface area (Å²) in [7, 11) is 0. The number of nitrogen functional groups attached to an aromatic ring is 1. The molecular formula is C6H12Cl2N4. The van der Waals surface area contributed by atoms with E-state index in [1.807, 2.05) is 10.7 Å². The third kappa shape index (κ3) is 2.03. The first-order valence-electron chi connectivity index (χ1n) is 3.39. The van der Waals surface area contributed by atoms with E-state index in [9.17, 15) is 0 Å². The van der Waals surface area contributed by atoms with E-state index in [0.29, 0.717) is 5.82 Å². The van der Waals surface area contributed by atoms with Gasteiger partial charge in [0.25, 0.3) is 0 Å². The minimum Gasteiger partial charge on any atom is -0.382 e. The second-order valence-electron chi connectivity index (χ2n) is 2.46. The largest absolute Gasteiger partial charge is 0.382 e. The molecule has 70 valence electrons. The summed E-state index contributed by atoms with van der Waals surface area (Å²) in [5.74, 6) is 0.624. The van der Waals surface area contributed by atoms with Gasteiger partial charge in [-0.15, -0.1) is 24.8 Å². The topological polar surface area (TPSA) is 55.9 Å². The minimum atomic E-state index is 0. The van der Waals surface area contributed by atoms with E-state index in [1.54, 1.807) is 0 Å². The molecule has 1 aromatic rings. The van der Waals surface area contributed by atoms with Crippen molar-refractivity contribution in [1.82, 2.24) is 15.1 Å². The first-order valence-corrected chi connectivity index (χ1v) is 3.39. The number of hydrogen-bond donors (Lipinski definition) is 2. The molecular weight excluding hydrogens is 199 g/mol. The molecule has 0 unspecified atom stereocenters. The van der Waals surface area contributed by atoms with Gasteiger partial charge in [-0.2, -0.15) is 5.10 Å². The number of hydrogen-bond acceptors (Lipinski definition) is 3. The molecule has 0 saturated carbocycles. The zero-order valence-corrected chi connectivity index (χ0v) is 8.12. The Morgan fingerprint density at radius 3 is 2.92 bits per heavy atom. The van der Waals surface area contributed by atoms with Crippen LogP contribution in [0.2, 0.25) is 0 Å². The molecule has 1 aliphatic heterocycles. The van der Waals surface area contributed by atoms with E-state index in [0.717, 1.165) is 19.6 Å². The van der Waals surface area contributed by atoms with E-state index < -0.39 is 0 Å². The Bertz CT molecular complexity index is 224. The molecule has 0 saturated heterocycles. The number of anilines is 1. The van der Waals surface area contributed by atoms with Crippen LogP contribution in [-0.4, -0.2) is 16.3 Å². The number of nitrogens with two attached hydrogens (primary N) is 1. The standard InChI is InChI=1S/C6H10N4.2ClH/c7-6-3-5-4-8-1-2-10(5)9-6;;/h3,8H,1-2,4H2,(H2,7,9);2*1H. The molecule has 12 heavy (non-hydrogen) atoms. The third-order valence-corrected chi connectivity index (χ3v) is 1.69. The second-order valence-corrected chi connectivity index (χ2v) is 2.46. The molecule has 0 fully saturated rings. The van der Waals surface area contributed by atoms with Crippen molar-refractivity contribution in [3.8, 4) is 0 Å². The average molecular weight is 211 g/mol. The van der Waals surface area contributed by atoms with Crippen molar-refractivity contribution in [2.24, 2.45) is 0 Å². The highest BCUT2D eigenvalue weighted by atomic mass is 35.5. The number of fused-ring (bicyclic) bond motifs is 1. The molecule has 1 aliphatic rings. The molecule has 0 spiro atoms. The predicted octanol–water partition coefficient (Wildman–Crippen LogP) is 0.412. The molecule has 0 aliphatic carbocycles. The van der Waals surface area contributed by atoms with Crippen LogP contribution < -0.4 is 11.1 Å². The summed E-state index contributed by atoms with van der Waals surface area (Å²) < 4.78 is 1.95. The van der Waals surface area contributed by atoms with Crippen LogP contribution in [0.5, 0.6) is 0 Å². The maximum atomic E-state index is 5.50. The lowest BCUT2D eigenvalue weighted by Gasteiger charge is -2.13. The summed E-state index contributed by atoms with van der Waals surface area (Å²) in [5.41, 5.74) is 6.68. The molecule has 2 heterocycles. The molecule has 1 aromatic heterocycles. The zero-order chi connectivity index (χ0) is 6.97. The van der Waals surface area contributed by atoms with Gasteiger partial charge in [-0.05, 0) is 0 Å². The first kappa shape index (κ1) is 11.6. The molecule has 0 amide bonds. The second kappa shape index (κ2) is 4.54. The maximum Gasteiger partial charge on any atom is 0.145 e. The van der Waals surface area contributed by atoms with E-state index in [2.05, 4.69) is 10.4 Å². The lowest BCUT2D eigenvalue weighted by Crippen LogP contribution is -2.28. The van der Waals surface area contributed by atoms with Crippen LogP contribution in [0.15, 0.2) is 6.07 Å². The van der Waals surface area contributed by atoms with Crippen LogP contribution in [0.25, 0.3) is 0 Å². The predicted molar refractivity (Wildman–Crippen MR) is 52.8 cm³/mol. The van der Waals surface area contributed by atoms with Crippen molar-refractivity contribution < 1.29 is 0 Å². The monoisotopic (exact) mass is 210 g/mol. The van der Waals surface area contributed by atoms with Gasteiger partial charge in [-0.25, -0.2) is 0 Å². The Morgan fingerprint density at radius 1 is 1.50 bits per heavy atom. The highest BCUT2D eigenvalue weighted by Crippen LogP contribution is 2.07. The van der Waals surface area contributed by atoms with Crippen molar-refractivity contribution in [2.45, 2.75) is 13.1 Å². The van der Waals surface area contributed by atoms with Crippen LogP contribution in [0.1, 0.15) is 5.69 Å². The lowest BCUT2D eigenvalue weighted by atomic mass is 10.3. The van der Waals surface area contributed by atoms with E-state index >= 15 is 0 Å². The highest BCUT2D eigenvalue weighted by Gasteiger charge is 2.08. The Labute approximate surface area is 83.3 Å². The molecule has 0 atom stereocenters. The van der Waals surface area contributed by atoms with Gasteiger partial charge in [0.15, 0.2) is 0 Å². The number of nitrogens with zero attached hydrogens (tertiary/aromatic N) is 2. The van der Waals surface area contributed by atoms with E-state index in [4.69, 9.17) is 5.73 Å². The lowest BCUT2D eigenvalue weighted by molar-refractivity contribution is 0.476. The van der Waals surface area contributed by atoms with Crippen LogP contribution in [0.4, 0.5) is 5.82 Å². The van der Waals surface area contributed by atoms with Crippen molar-refractivity contribution in [3.63, 3.8) is 0 Å². The smallest absolute Gasteiger partial charge is 0.145 e. The van der Waals surface area contributed by atoms with E-state index in [1.165, 1.54) is 5.69 Å². The Hall–Kier alpha value is -0.450. The molecule has 0 aromatic carbocycles. The number of nitrogens with one attached hydrogen (secondary N) is 1. The van der Waals surface area contributed by atoms with Crippen molar-refractivity contribution in [3.05, 3.63) is 11.8 Å². The van der Waals surface area contributed by atoms with Crippen LogP contribution in [0, 0.1) is 0 Å². The summed E-state index contributed by atoms with van der Waals surface area (Å²) in [6.07, 6.45) is 0. The van der Waals surface area contributed by atoms with Gasteiger partial charge in [0.1, 0.15) is 5.82 Å². The molecule has 2 rings (SSSR count). The summed E-state index contributed by atoms with van der Waals surface area (Å²) in [6.45, 7) is 2.82. The van der Waals surface area contributed by atoms with Crippen LogP contribution >= 0.6 is 24.8 Å². The molecule has 4 nitrogen and oxygen atoms in total. The van der Waals surface area contributed by atoms with Gasteiger partial charge in [-0.3, -0.25) is 4.68 Å². The van der Waals surface area contributed by atoms with Crippen LogP contribution in [-0.2, 0) is 13.1 Å². The number of aromatic nitrogens is 2. The van der Waals surface area contributed by atoms with E-state index in [-0.39, 0.29) is 24.8 Å². The highest BCUT2D eigenvalue weighted by molar-refractivity contribution is 5.85. The fourth-order valence-corrected chi connectivity index (χ4v) is 1.22. The fourth-order valence-electron chi connectivity index (χ4n) is 1.22. The Balaban J connectivity index is 0.000000605.